The Balaban J connectivity index is 2.18. The highest BCUT2D eigenvalue weighted by molar-refractivity contribution is 5.98. The molecule has 0 spiro atoms. The molecule has 1 aliphatic rings. The minimum atomic E-state index is -1.13. The van der Waals surface area contributed by atoms with Crippen LogP contribution in [0.4, 0.5) is 26.1 Å². The van der Waals surface area contributed by atoms with Gasteiger partial charge in [0, 0.05) is 5.56 Å². The molecule has 1 aliphatic heterocycles. The van der Waals surface area contributed by atoms with Gasteiger partial charge >= 0.3 is 0 Å². The van der Waals surface area contributed by atoms with Crippen molar-refractivity contribution < 1.29 is 13.5 Å². The maximum absolute atomic E-state index is 14.3. The van der Waals surface area contributed by atoms with Gasteiger partial charge in [0.1, 0.15) is 29.3 Å². The maximum atomic E-state index is 14.3. The molecule has 0 amide bonds. The number of aromatic nitrogens is 1. The average molecular weight is 412 g/mol. The van der Waals surface area contributed by atoms with Crippen LogP contribution in [0.5, 0.6) is 5.75 Å². The van der Waals surface area contributed by atoms with Gasteiger partial charge in [0.05, 0.1) is 12.3 Å². The van der Waals surface area contributed by atoms with Crippen LogP contribution in [0.3, 0.4) is 0 Å². The summed E-state index contributed by atoms with van der Waals surface area (Å²) < 4.78 is 33.9. The van der Waals surface area contributed by atoms with E-state index < -0.39 is 17.7 Å². The summed E-state index contributed by atoms with van der Waals surface area (Å²) in [5.74, 6) is -2.50. The van der Waals surface area contributed by atoms with E-state index in [1.54, 1.807) is 6.19 Å². The van der Waals surface area contributed by atoms with E-state index in [2.05, 4.69) is 20.6 Å². The van der Waals surface area contributed by atoms with Gasteiger partial charge < -0.3 is 21.5 Å². The number of aliphatic imine (C=N–C) groups is 1. The van der Waals surface area contributed by atoms with Crippen molar-refractivity contribution in [1.82, 2.24) is 10.3 Å². The number of unbranched alkanes of at least 4 members (excludes halogenated alkanes) is 1. The summed E-state index contributed by atoms with van der Waals surface area (Å²) in [7, 11) is 0. The minimum absolute atomic E-state index is 0.00388. The summed E-state index contributed by atoms with van der Waals surface area (Å²) in [6.45, 7) is 2.15. The van der Waals surface area contributed by atoms with Crippen molar-refractivity contribution in [3.8, 4) is 18.0 Å². The quantitative estimate of drug-likeness (QED) is 0.331. The number of nitrogen functional groups attached to an aromatic ring is 2. The van der Waals surface area contributed by atoms with E-state index in [0.717, 1.165) is 12.5 Å². The van der Waals surface area contributed by atoms with E-state index in [4.69, 9.17) is 21.5 Å². The molecule has 0 radical (unpaired) electrons. The fourth-order valence-electron chi connectivity index (χ4n) is 3.00. The number of benzene rings is 1. The summed E-state index contributed by atoms with van der Waals surface area (Å²) in [5, 5.41) is 23.4. The zero-order valence-corrected chi connectivity index (χ0v) is 16.0. The second kappa shape index (κ2) is 8.49. The van der Waals surface area contributed by atoms with Gasteiger partial charge in [-0.2, -0.15) is 14.9 Å². The number of halogens is 2. The highest BCUT2D eigenvalue weighted by Crippen LogP contribution is 2.41. The smallest absolute Gasteiger partial charge is 0.211 e. The summed E-state index contributed by atoms with van der Waals surface area (Å²) in [6, 6.07) is 3.14. The van der Waals surface area contributed by atoms with E-state index in [0.29, 0.717) is 6.42 Å². The molecule has 0 bridgehead atoms. The summed E-state index contributed by atoms with van der Waals surface area (Å²) >= 11 is 0. The molecular formula is C19H18F2N8O. The molecule has 6 N–H and O–H groups in total. The second-order valence-electron chi connectivity index (χ2n) is 6.42. The molecule has 1 unspecified atom stereocenters. The number of fused-ring (bicyclic) bond motifs is 1. The third kappa shape index (κ3) is 3.73. The van der Waals surface area contributed by atoms with Crippen molar-refractivity contribution in [1.29, 1.82) is 10.5 Å². The molecule has 0 saturated heterocycles. The largest absolute Gasteiger partial charge is 0.490 e. The fourth-order valence-corrected chi connectivity index (χ4v) is 3.00. The minimum Gasteiger partial charge on any atom is -0.490 e. The number of nitrogens with zero attached hydrogens (tertiary/aromatic N) is 4. The standard InChI is InChI=1S/C19H18F2N8O/c1-2-3-4-30-12-6-9(5-11(20)14(12)21)16-13-15(24)10(7-22)17(25)28-18(13)29-19(27-16)26-8-23/h5-6,16H,2-4H2,1H3,(H6,24,25,26,27,28,29). The zero-order valence-electron chi connectivity index (χ0n) is 16.0. The van der Waals surface area contributed by atoms with Crippen LogP contribution in [0.1, 0.15) is 42.5 Å². The van der Waals surface area contributed by atoms with Gasteiger partial charge in [0.25, 0.3) is 0 Å². The second-order valence-corrected chi connectivity index (χ2v) is 6.42. The molecule has 3 rings (SSSR count). The van der Waals surface area contributed by atoms with Crippen LogP contribution in [-0.2, 0) is 0 Å². The number of hydrogen-bond donors (Lipinski definition) is 4. The average Bonchev–Trinajstić information content (AvgIpc) is 2.71. The van der Waals surface area contributed by atoms with Crippen molar-refractivity contribution >= 4 is 23.3 Å². The zero-order chi connectivity index (χ0) is 21.8. The third-order valence-electron chi connectivity index (χ3n) is 4.45. The molecule has 1 aromatic heterocycles. The molecule has 0 fully saturated rings. The van der Waals surface area contributed by atoms with E-state index >= 15 is 0 Å². The first-order chi connectivity index (χ1) is 14.4. The van der Waals surface area contributed by atoms with Gasteiger partial charge in [-0.05, 0) is 24.1 Å². The molecule has 11 heteroatoms. The van der Waals surface area contributed by atoms with E-state index in [9.17, 15) is 14.0 Å². The van der Waals surface area contributed by atoms with Crippen molar-refractivity contribution in [3.05, 3.63) is 40.5 Å². The van der Waals surface area contributed by atoms with Crippen molar-refractivity contribution in [3.63, 3.8) is 0 Å². The Hall–Kier alpha value is -4.12. The molecule has 1 aromatic carbocycles. The monoisotopic (exact) mass is 412 g/mol. The molecule has 9 nitrogen and oxygen atoms in total. The Morgan fingerprint density at radius 2 is 2.07 bits per heavy atom. The van der Waals surface area contributed by atoms with Gasteiger partial charge in [0.15, 0.2) is 17.8 Å². The number of nitrogens with one attached hydrogen (secondary N) is 2. The number of rotatable bonds is 5. The van der Waals surface area contributed by atoms with Crippen molar-refractivity contribution in [2.75, 3.05) is 23.4 Å². The molecule has 1 atom stereocenters. The Morgan fingerprint density at radius 1 is 1.30 bits per heavy atom. The Morgan fingerprint density at radius 3 is 2.73 bits per heavy atom. The van der Waals surface area contributed by atoms with Gasteiger partial charge in [-0.25, -0.2) is 14.4 Å². The third-order valence-corrected chi connectivity index (χ3v) is 4.45. The highest BCUT2D eigenvalue weighted by Gasteiger charge is 2.31. The molecule has 30 heavy (non-hydrogen) atoms. The number of pyridine rings is 1. The van der Waals surface area contributed by atoms with Crippen LogP contribution in [0.15, 0.2) is 17.1 Å². The normalized spacial score (nSPS) is 14.6. The predicted octanol–water partition coefficient (Wildman–Crippen LogP) is 2.52. The molecule has 0 aliphatic carbocycles. The number of hydrogen-bond acceptors (Lipinski definition) is 9. The lowest BCUT2D eigenvalue weighted by atomic mass is 9.95. The van der Waals surface area contributed by atoms with Crippen LogP contribution in [0.2, 0.25) is 0 Å². The topological polar surface area (TPSA) is 158 Å². The van der Waals surface area contributed by atoms with Crippen LogP contribution in [0.25, 0.3) is 0 Å². The number of nitrogens with two attached hydrogens (primary N) is 2. The van der Waals surface area contributed by atoms with Crippen molar-refractivity contribution in [2.24, 2.45) is 4.99 Å². The van der Waals surface area contributed by atoms with E-state index in [1.165, 1.54) is 6.07 Å². The summed E-state index contributed by atoms with van der Waals surface area (Å²) in [4.78, 5) is 8.43. The number of ether oxygens (including phenoxy) is 1. The van der Waals surface area contributed by atoms with Crippen LogP contribution in [0, 0.1) is 34.4 Å². The number of guanidine groups is 1. The van der Waals surface area contributed by atoms with Crippen molar-refractivity contribution in [2.45, 2.75) is 25.8 Å². The van der Waals surface area contributed by atoms with Gasteiger partial charge in [-0.3, -0.25) is 5.32 Å². The molecule has 0 saturated carbocycles. The Bertz CT molecular complexity index is 1100. The molecule has 2 heterocycles. The molecule has 2 aromatic rings. The lowest BCUT2D eigenvalue weighted by molar-refractivity contribution is 0.288. The summed E-state index contributed by atoms with van der Waals surface area (Å²) in [5.41, 5.74) is 12.3. The number of nitriles is 2. The first kappa shape index (κ1) is 20.6. The maximum Gasteiger partial charge on any atom is 0.211 e. The van der Waals surface area contributed by atoms with Gasteiger partial charge in [-0.1, -0.05) is 13.3 Å². The van der Waals surface area contributed by atoms with Crippen LogP contribution in [-0.4, -0.2) is 17.6 Å². The van der Waals surface area contributed by atoms with Gasteiger partial charge in [0.2, 0.25) is 11.8 Å². The molecular weight excluding hydrogens is 394 g/mol. The molecule has 154 valence electrons. The lowest BCUT2D eigenvalue weighted by Crippen LogP contribution is -2.32. The van der Waals surface area contributed by atoms with E-state index in [1.807, 2.05) is 13.0 Å². The SMILES string of the molecule is CCCCOc1cc(C2N=C(NC#N)Nc3nc(N)c(C#N)c(N)c32)cc(F)c1F. The first-order valence-electron chi connectivity index (χ1n) is 9.01. The van der Waals surface area contributed by atoms with E-state index in [-0.39, 0.29) is 52.3 Å². The fraction of sp³-hybridized carbons (Fsp3) is 0.263. The van der Waals surface area contributed by atoms with Crippen LogP contribution >= 0.6 is 0 Å². The number of anilines is 3. The highest BCUT2D eigenvalue weighted by atomic mass is 19.2. The van der Waals surface area contributed by atoms with Crippen LogP contribution < -0.4 is 26.8 Å². The first-order valence-corrected chi connectivity index (χ1v) is 9.01. The van der Waals surface area contributed by atoms with Gasteiger partial charge in [-0.15, -0.1) is 0 Å². The Kier molecular flexibility index (Phi) is 5.83. The Labute approximate surface area is 171 Å². The predicted molar refractivity (Wildman–Crippen MR) is 106 cm³/mol. The lowest BCUT2D eigenvalue weighted by Gasteiger charge is -2.26. The summed E-state index contributed by atoms with van der Waals surface area (Å²) in [6.07, 6.45) is 3.20.